The molecule has 0 unspecified atom stereocenters. The van der Waals surface area contributed by atoms with E-state index in [0.29, 0.717) is 0 Å². The van der Waals surface area contributed by atoms with Gasteiger partial charge >= 0.3 is 0 Å². The summed E-state index contributed by atoms with van der Waals surface area (Å²) < 4.78 is 4.00. The second kappa shape index (κ2) is 3.15. The van der Waals surface area contributed by atoms with Crippen LogP contribution in [-0.2, 0) is 27.2 Å². The zero-order chi connectivity index (χ0) is 11.3. The van der Waals surface area contributed by atoms with Crippen LogP contribution in [0, 0.1) is 0 Å². The van der Waals surface area contributed by atoms with Crippen LogP contribution in [0.5, 0.6) is 0 Å². The van der Waals surface area contributed by atoms with Crippen LogP contribution in [-0.4, -0.2) is 36.3 Å². The fourth-order valence-electron chi connectivity index (χ4n) is 2.17. The Morgan fingerprint density at radius 1 is 1.12 bits per heavy atom. The van der Waals surface area contributed by atoms with Gasteiger partial charge in [-0.3, -0.25) is 4.90 Å². The summed E-state index contributed by atoms with van der Waals surface area (Å²) in [6.07, 6.45) is 1.70. The summed E-state index contributed by atoms with van der Waals surface area (Å²) in [5.41, 5.74) is 2.43. The number of imidazole rings is 1. The molecule has 3 rings (SSSR count). The zero-order valence-corrected chi connectivity index (χ0v) is 9.67. The molecule has 2 aromatic rings. The van der Waals surface area contributed by atoms with E-state index in [4.69, 9.17) is 0 Å². The van der Waals surface area contributed by atoms with E-state index in [9.17, 15) is 0 Å². The lowest BCUT2D eigenvalue weighted by Gasteiger charge is -2.08. The van der Waals surface area contributed by atoms with E-state index >= 15 is 0 Å². The lowest BCUT2D eigenvalue weighted by Crippen LogP contribution is -2.11. The highest BCUT2D eigenvalue weighted by Gasteiger charge is 2.25. The lowest BCUT2D eigenvalue weighted by atomic mass is 10.4. The average Bonchev–Trinajstić information content (AvgIpc) is 2.85. The molecule has 6 nitrogen and oxygen atoms in total. The first-order valence-corrected chi connectivity index (χ1v) is 5.24. The molecule has 1 aliphatic heterocycles. The normalized spacial score (nSPS) is 15.7. The van der Waals surface area contributed by atoms with Crippen molar-refractivity contribution >= 4 is 0 Å². The summed E-state index contributed by atoms with van der Waals surface area (Å²) in [5, 5.41) is 7.98. The van der Waals surface area contributed by atoms with Crippen molar-refractivity contribution in [2.45, 2.75) is 13.1 Å². The highest BCUT2D eigenvalue weighted by Crippen LogP contribution is 2.25. The predicted octanol–water partition coefficient (Wildman–Crippen LogP) is 0.161. The molecule has 84 valence electrons. The smallest absolute Gasteiger partial charge is 0.199 e. The van der Waals surface area contributed by atoms with E-state index in [1.54, 1.807) is 6.33 Å². The Hall–Kier alpha value is -1.69. The van der Waals surface area contributed by atoms with Gasteiger partial charge in [-0.15, -0.1) is 10.2 Å². The van der Waals surface area contributed by atoms with Gasteiger partial charge in [0.25, 0.3) is 0 Å². The first-order chi connectivity index (χ1) is 7.66. The molecule has 0 amide bonds. The van der Waals surface area contributed by atoms with Gasteiger partial charge in [0.2, 0.25) is 0 Å². The van der Waals surface area contributed by atoms with Gasteiger partial charge in [0.05, 0.1) is 11.4 Å². The van der Waals surface area contributed by atoms with Gasteiger partial charge in [0.1, 0.15) is 6.33 Å². The number of nitrogens with zero attached hydrogens (tertiary/aromatic N) is 6. The largest absolute Gasteiger partial charge is 0.327 e. The molecule has 0 N–H and O–H groups in total. The molecule has 2 aromatic heterocycles. The third-order valence-corrected chi connectivity index (χ3v) is 3.05. The van der Waals surface area contributed by atoms with Crippen molar-refractivity contribution in [3.8, 4) is 11.6 Å². The topological polar surface area (TPSA) is 51.8 Å². The SMILES string of the molecule is CN1Cc2nc(-c3nncn3C)n(C)c2C1. The van der Waals surface area contributed by atoms with E-state index in [1.165, 1.54) is 5.69 Å². The molecule has 3 heterocycles. The maximum atomic E-state index is 4.64. The van der Waals surface area contributed by atoms with E-state index < -0.39 is 0 Å². The quantitative estimate of drug-likeness (QED) is 0.684. The van der Waals surface area contributed by atoms with Crippen molar-refractivity contribution in [1.29, 1.82) is 0 Å². The molecule has 0 saturated carbocycles. The van der Waals surface area contributed by atoms with Crippen LogP contribution in [0.2, 0.25) is 0 Å². The van der Waals surface area contributed by atoms with Crippen LogP contribution >= 0.6 is 0 Å². The number of hydrogen-bond acceptors (Lipinski definition) is 4. The van der Waals surface area contributed by atoms with Crippen LogP contribution in [0.25, 0.3) is 11.6 Å². The van der Waals surface area contributed by atoms with Crippen molar-refractivity contribution in [1.82, 2.24) is 29.2 Å². The van der Waals surface area contributed by atoms with Gasteiger partial charge < -0.3 is 9.13 Å². The van der Waals surface area contributed by atoms with Crippen molar-refractivity contribution < 1.29 is 0 Å². The fourth-order valence-corrected chi connectivity index (χ4v) is 2.17. The highest BCUT2D eigenvalue weighted by molar-refractivity contribution is 5.47. The summed E-state index contributed by atoms with van der Waals surface area (Å²) in [7, 11) is 6.07. The Kier molecular flexibility index (Phi) is 1.88. The molecular weight excluding hydrogens is 204 g/mol. The molecule has 0 bridgehead atoms. The summed E-state index contributed by atoms with van der Waals surface area (Å²) in [5.74, 6) is 1.72. The highest BCUT2D eigenvalue weighted by atomic mass is 15.3. The zero-order valence-electron chi connectivity index (χ0n) is 9.67. The second-order valence-electron chi connectivity index (χ2n) is 4.33. The second-order valence-corrected chi connectivity index (χ2v) is 4.33. The molecule has 6 heteroatoms. The maximum absolute atomic E-state index is 4.64. The third-order valence-electron chi connectivity index (χ3n) is 3.05. The Labute approximate surface area is 93.5 Å². The van der Waals surface area contributed by atoms with E-state index in [0.717, 1.165) is 30.4 Å². The Balaban J connectivity index is 2.12. The minimum Gasteiger partial charge on any atom is -0.327 e. The molecule has 0 atom stereocenters. The molecule has 0 aromatic carbocycles. The number of rotatable bonds is 1. The predicted molar refractivity (Wildman–Crippen MR) is 58.4 cm³/mol. The average molecular weight is 218 g/mol. The summed E-state index contributed by atoms with van der Waals surface area (Å²) in [6, 6.07) is 0. The number of aryl methyl sites for hydroxylation is 1. The van der Waals surface area contributed by atoms with Crippen molar-refractivity contribution in [3.63, 3.8) is 0 Å². The van der Waals surface area contributed by atoms with Crippen molar-refractivity contribution in [2.75, 3.05) is 7.05 Å². The van der Waals surface area contributed by atoms with Crippen LogP contribution in [0.3, 0.4) is 0 Å². The molecule has 16 heavy (non-hydrogen) atoms. The summed E-state index contributed by atoms with van der Waals surface area (Å²) in [4.78, 5) is 6.89. The van der Waals surface area contributed by atoms with E-state index in [2.05, 4.69) is 31.7 Å². The molecule has 0 radical (unpaired) electrons. The van der Waals surface area contributed by atoms with E-state index in [-0.39, 0.29) is 0 Å². The summed E-state index contributed by atoms with van der Waals surface area (Å²) in [6.45, 7) is 1.87. The Morgan fingerprint density at radius 2 is 1.94 bits per heavy atom. The van der Waals surface area contributed by atoms with Gasteiger partial charge in [0, 0.05) is 27.2 Å². The van der Waals surface area contributed by atoms with Crippen LogP contribution < -0.4 is 0 Å². The van der Waals surface area contributed by atoms with Crippen LogP contribution in [0.15, 0.2) is 6.33 Å². The van der Waals surface area contributed by atoms with Gasteiger partial charge in [-0.05, 0) is 7.05 Å². The first kappa shape index (κ1) is 9.53. The standard InChI is InChI=1S/C10H14N6/c1-14-4-7-8(5-14)16(3)9(12-7)10-13-11-6-15(10)2/h6H,4-5H2,1-3H3. The molecule has 1 aliphatic rings. The van der Waals surface area contributed by atoms with Crippen LogP contribution in [0.1, 0.15) is 11.4 Å². The van der Waals surface area contributed by atoms with Crippen LogP contribution in [0.4, 0.5) is 0 Å². The minimum absolute atomic E-state index is 0.819. The maximum Gasteiger partial charge on any atom is 0.199 e. The van der Waals surface area contributed by atoms with Gasteiger partial charge in [0.15, 0.2) is 11.6 Å². The molecule has 0 spiro atoms. The summed E-state index contributed by atoms with van der Waals surface area (Å²) >= 11 is 0. The minimum atomic E-state index is 0.819. The number of hydrogen-bond donors (Lipinski definition) is 0. The molecule has 0 fully saturated rings. The van der Waals surface area contributed by atoms with Gasteiger partial charge in [-0.1, -0.05) is 0 Å². The first-order valence-electron chi connectivity index (χ1n) is 5.24. The Bertz CT molecular complexity index is 537. The van der Waals surface area contributed by atoms with E-state index in [1.807, 2.05) is 18.7 Å². The third kappa shape index (κ3) is 1.19. The molecule has 0 saturated heterocycles. The Morgan fingerprint density at radius 3 is 2.56 bits per heavy atom. The number of aromatic nitrogens is 5. The van der Waals surface area contributed by atoms with Crippen molar-refractivity contribution in [3.05, 3.63) is 17.7 Å². The van der Waals surface area contributed by atoms with Gasteiger partial charge in [-0.2, -0.15) is 0 Å². The van der Waals surface area contributed by atoms with Gasteiger partial charge in [-0.25, -0.2) is 4.98 Å². The number of fused-ring (bicyclic) bond motifs is 1. The van der Waals surface area contributed by atoms with Crippen molar-refractivity contribution in [2.24, 2.45) is 14.1 Å². The molecular formula is C10H14N6. The monoisotopic (exact) mass is 218 g/mol. The lowest BCUT2D eigenvalue weighted by molar-refractivity contribution is 0.344. The fraction of sp³-hybridized carbons (Fsp3) is 0.500. The molecule has 0 aliphatic carbocycles.